The largest absolute Gasteiger partial charge is 0.471 e. The first-order valence-corrected chi connectivity index (χ1v) is 7.88. The maximum atomic E-state index is 12.6. The smallest absolute Gasteiger partial charge is 0.339 e. The van der Waals surface area contributed by atoms with Crippen molar-refractivity contribution in [2.75, 3.05) is 19.6 Å². The SMILES string of the molecule is CC(C)C1CCCN1C(=O)C1CCN(C(=O)C(F)(F)F)CC1. The number of hydrogen-bond acceptors (Lipinski definition) is 2. The Morgan fingerprint density at radius 3 is 2.14 bits per heavy atom. The van der Waals surface area contributed by atoms with Crippen LogP contribution in [-0.4, -0.2) is 53.5 Å². The Labute approximate surface area is 128 Å². The van der Waals surface area contributed by atoms with Gasteiger partial charge in [-0.15, -0.1) is 0 Å². The lowest BCUT2D eigenvalue weighted by molar-refractivity contribution is -0.187. The van der Waals surface area contributed by atoms with Crippen LogP contribution in [0, 0.1) is 11.8 Å². The summed E-state index contributed by atoms with van der Waals surface area (Å²) in [6.07, 6.45) is -2.20. The zero-order valence-electron chi connectivity index (χ0n) is 13.0. The number of piperidine rings is 1. The molecule has 0 aromatic heterocycles. The molecule has 1 unspecified atom stereocenters. The van der Waals surface area contributed by atoms with Gasteiger partial charge in [0.1, 0.15) is 0 Å². The minimum absolute atomic E-state index is 0.00886. The number of amides is 2. The molecule has 0 bridgehead atoms. The number of hydrogen-bond donors (Lipinski definition) is 0. The summed E-state index contributed by atoms with van der Waals surface area (Å²) >= 11 is 0. The van der Waals surface area contributed by atoms with Crippen LogP contribution in [0.5, 0.6) is 0 Å². The standard InChI is InChI=1S/C15H23F3N2O2/c1-10(2)12-4-3-7-20(12)13(21)11-5-8-19(9-6-11)14(22)15(16,17)18/h10-12H,3-9H2,1-2H3. The van der Waals surface area contributed by atoms with E-state index < -0.39 is 12.1 Å². The van der Waals surface area contributed by atoms with Crippen molar-refractivity contribution in [3.63, 3.8) is 0 Å². The minimum Gasteiger partial charge on any atom is -0.339 e. The first-order chi connectivity index (χ1) is 10.2. The van der Waals surface area contributed by atoms with E-state index in [9.17, 15) is 22.8 Å². The van der Waals surface area contributed by atoms with Gasteiger partial charge >= 0.3 is 12.1 Å². The second-order valence-electron chi connectivity index (χ2n) is 6.55. The monoisotopic (exact) mass is 320 g/mol. The van der Waals surface area contributed by atoms with Gasteiger partial charge in [0.05, 0.1) is 0 Å². The van der Waals surface area contributed by atoms with Crippen LogP contribution in [0.1, 0.15) is 39.5 Å². The summed E-state index contributed by atoms with van der Waals surface area (Å²) in [4.78, 5) is 26.5. The summed E-state index contributed by atoms with van der Waals surface area (Å²) in [6.45, 7) is 4.93. The number of alkyl halides is 3. The fourth-order valence-electron chi connectivity index (χ4n) is 3.50. The topological polar surface area (TPSA) is 40.6 Å². The van der Waals surface area contributed by atoms with Gasteiger partial charge in [0.15, 0.2) is 0 Å². The van der Waals surface area contributed by atoms with Crippen LogP contribution in [0.4, 0.5) is 13.2 Å². The molecule has 2 amide bonds. The molecular formula is C15H23F3N2O2. The van der Waals surface area contributed by atoms with Crippen molar-refractivity contribution in [3.05, 3.63) is 0 Å². The van der Waals surface area contributed by atoms with E-state index in [1.807, 2.05) is 4.90 Å². The minimum atomic E-state index is -4.82. The number of nitrogens with zero attached hydrogens (tertiary/aromatic N) is 2. The zero-order valence-corrected chi connectivity index (χ0v) is 13.0. The lowest BCUT2D eigenvalue weighted by Crippen LogP contribution is -2.49. The van der Waals surface area contributed by atoms with E-state index in [4.69, 9.17) is 0 Å². The molecule has 2 aliphatic rings. The normalized spacial score (nSPS) is 24.2. The first kappa shape index (κ1) is 17.1. The van der Waals surface area contributed by atoms with Gasteiger partial charge in [0, 0.05) is 31.6 Å². The zero-order chi connectivity index (χ0) is 16.5. The molecule has 22 heavy (non-hydrogen) atoms. The molecule has 2 saturated heterocycles. The van der Waals surface area contributed by atoms with Gasteiger partial charge in [-0.1, -0.05) is 13.8 Å². The van der Waals surface area contributed by atoms with E-state index in [-0.39, 0.29) is 31.0 Å². The predicted molar refractivity (Wildman–Crippen MR) is 74.9 cm³/mol. The Bertz CT molecular complexity index is 429. The molecule has 2 rings (SSSR count). The van der Waals surface area contributed by atoms with E-state index in [2.05, 4.69) is 13.8 Å². The molecule has 126 valence electrons. The molecular weight excluding hydrogens is 297 g/mol. The van der Waals surface area contributed by atoms with Crippen molar-refractivity contribution in [2.45, 2.75) is 51.7 Å². The Balaban J connectivity index is 1.91. The number of halogens is 3. The number of carbonyl (C=O) groups is 2. The van der Waals surface area contributed by atoms with Gasteiger partial charge in [0.25, 0.3) is 0 Å². The number of carbonyl (C=O) groups excluding carboxylic acids is 2. The van der Waals surface area contributed by atoms with Crippen molar-refractivity contribution in [3.8, 4) is 0 Å². The van der Waals surface area contributed by atoms with Gasteiger partial charge in [-0.3, -0.25) is 9.59 Å². The molecule has 0 aliphatic carbocycles. The molecule has 0 saturated carbocycles. The Kier molecular flexibility index (Phi) is 5.02. The third-order valence-corrected chi connectivity index (χ3v) is 4.73. The maximum absolute atomic E-state index is 12.6. The van der Waals surface area contributed by atoms with Crippen LogP contribution < -0.4 is 0 Å². The second kappa shape index (κ2) is 6.46. The van der Waals surface area contributed by atoms with E-state index in [0.29, 0.717) is 18.8 Å². The van der Waals surface area contributed by atoms with Gasteiger partial charge in [-0.05, 0) is 31.6 Å². The molecule has 4 nitrogen and oxygen atoms in total. The van der Waals surface area contributed by atoms with Crippen LogP contribution in [0.2, 0.25) is 0 Å². The fraction of sp³-hybridized carbons (Fsp3) is 0.867. The predicted octanol–water partition coefficient (Wildman–Crippen LogP) is 2.43. The third kappa shape index (κ3) is 3.55. The lowest BCUT2D eigenvalue weighted by atomic mass is 9.93. The van der Waals surface area contributed by atoms with Crippen LogP contribution in [0.25, 0.3) is 0 Å². The highest BCUT2D eigenvalue weighted by Gasteiger charge is 2.44. The molecule has 0 N–H and O–H groups in total. The molecule has 0 aromatic carbocycles. The lowest BCUT2D eigenvalue weighted by Gasteiger charge is -2.36. The Morgan fingerprint density at radius 1 is 1.05 bits per heavy atom. The Hall–Kier alpha value is -1.27. The summed E-state index contributed by atoms with van der Waals surface area (Å²) < 4.78 is 37.2. The van der Waals surface area contributed by atoms with Crippen LogP contribution in [0.3, 0.4) is 0 Å². The fourth-order valence-corrected chi connectivity index (χ4v) is 3.50. The molecule has 2 aliphatic heterocycles. The van der Waals surface area contributed by atoms with E-state index in [1.54, 1.807) is 0 Å². The van der Waals surface area contributed by atoms with Gasteiger partial charge in [-0.2, -0.15) is 13.2 Å². The summed E-state index contributed by atoms with van der Waals surface area (Å²) in [5, 5.41) is 0. The van der Waals surface area contributed by atoms with Crippen LogP contribution >= 0.6 is 0 Å². The van der Waals surface area contributed by atoms with E-state index in [0.717, 1.165) is 24.3 Å². The quantitative estimate of drug-likeness (QED) is 0.784. The van der Waals surface area contributed by atoms with Gasteiger partial charge in [-0.25, -0.2) is 0 Å². The molecule has 0 spiro atoms. The molecule has 0 aromatic rings. The number of likely N-dealkylation sites (tertiary alicyclic amines) is 2. The number of rotatable bonds is 2. The molecule has 1 atom stereocenters. The molecule has 2 heterocycles. The van der Waals surface area contributed by atoms with Crippen molar-refractivity contribution >= 4 is 11.8 Å². The van der Waals surface area contributed by atoms with Crippen molar-refractivity contribution in [1.29, 1.82) is 0 Å². The third-order valence-electron chi connectivity index (χ3n) is 4.73. The van der Waals surface area contributed by atoms with E-state index >= 15 is 0 Å². The van der Waals surface area contributed by atoms with Crippen LogP contribution in [-0.2, 0) is 9.59 Å². The highest BCUT2D eigenvalue weighted by Crippen LogP contribution is 2.29. The summed E-state index contributed by atoms with van der Waals surface area (Å²) in [5.41, 5.74) is 0. The van der Waals surface area contributed by atoms with Gasteiger partial charge in [0.2, 0.25) is 5.91 Å². The average Bonchev–Trinajstić information content (AvgIpc) is 2.94. The second-order valence-corrected chi connectivity index (χ2v) is 6.55. The van der Waals surface area contributed by atoms with Crippen molar-refractivity contribution in [2.24, 2.45) is 11.8 Å². The summed E-state index contributed by atoms with van der Waals surface area (Å²) in [5.74, 6) is -1.61. The van der Waals surface area contributed by atoms with Crippen LogP contribution in [0.15, 0.2) is 0 Å². The highest BCUT2D eigenvalue weighted by atomic mass is 19.4. The Morgan fingerprint density at radius 2 is 1.64 bits per heavy atom. The first-order valence-electron chi connectivity index (χ1n) is 7.88. The summed E-state index contributed by atoms with van der Waals surface area (Å²) in [7, 11) is 0. The van der Waals surface area contributed by atoms with Crippen molar-refractivity contribution < 1.29 is 22.8 Å². The average molecular weight is 320 g/mol. The molecule has 7 heteroatoms. The van der Waals surface area contributed by atoms with E-state index in [1.165, 1.54) is 0 Å². The molecule has 0 radical (unpaired) electrons. The van der Waals surface area contributed by atoms with Gasteiger partial charge < -0.3 is 9.80 Å². The van der Waals surface area contributed by atoms with Crippen molar-refractivity contribution in [1.82, 2.24) is 9.80 Å². The summed E-state index contributed by atoms with van der Waals surface area (Å²) in [6, 6.07) is 0.238. The maximum Gasteiger partial charge on any atom is 0.471 e. The highest BCUT2D eigenvalue weighted by molar-refractivity contribution is 5.83. The molecule has 2 fully saturated rings.